The van der Waals surface area contributed by atoms with E-state index in [9.17, 15) is 9.59 Å². The number of H-pyrrole nitrogens is 1. The van der Waals surface area contributed by atoms with Crippen LogP contribution in [0.5, 0.6) is 5.75 Å². The number of hydrogen-bond donors (Lipinski definition) is 1. The highest BCUT2D eigenvalue weighted by Crippen LogP contribution is 2.39. The van der Waals surface area contributed by atoms with E-state index in [1.165, 1.54) is 0 Å². The molecule has 2 aromatic carbocycles. The molecule has 0 bridgehead atoms. The molecule has 0 unspecified atom stereocenters. The fourth-order valence-corrected chi connectivity index (χ4v) is 4.71. The lowest BCUT2D eigenvalue weighted by molar-refractivity contribution is -0.159. The Morgan fingerprint density at radius 2 is 1.86 bits per heavy atom. The molecule has 3 aromatic rings. The lowest BCUT2D eigenvalue weighted by atomic mass is 9.90. The Balaban J connectivity index is 1.46. The second kappa shape index (κ2) is 6.65. The number of aromatic nitrogens is 1. The fourth-order valence-electron chi connectivity index (χ4n) is 4.71. The van der Waals surface area contributed by atoms with Crippen LogP contribution in [0.1, 0.15) is 29.8 Å². The van der Waals surface area contributed by atoms with E-state index < -0.39 is 6.04 Å². The number of nitrogens with zero attached hydrogens (tertiary/aromatic N) is 2. The number of fused-ring (bicyclic) bond motifs is 4. The summed E-state index contributed by atoms with van der Waals surface area (Å²) in [7, 11) is 1.62. The van der Waals surface area contributed by atoms with Gasteiger partial charge in [-0.2, -0.15) is 0 Å². The zero-order valence-corrected chi connectivity index (χ0v) is 16.5. The molecule has 6 nitrogen and oxygen atoms in total. The maximum absolute atomic E-state index is 13.3. The normalized spacial score (nSPS) is 21.3. The maximum Gasteiger partial charge on any atom is 0.246 e. The number of hydrogen-bond acceptors (Lipinski definition) is 3. The van der Waals surface area contributed by atoms with Crippen LogP contribution in [0.2, 0.25) is 0 Å². The standard InChI is InChI=1S/C23H23N3O3/c1-14-22-18(17-5-3-4-6-19(17)24-22)11-20-23(28)25(13-21(27)26(14)20)12-15-7-9-16(29-2)10-8-15/h3-10,14,20,24H,11-13H2,1-2H3/t14-,20-/m0/s1. The van der Waals surface area contributed by atoms with E-state index in [0.717, 1.165) is 33.5 Å². The van der Waals surface area contributed by atoms with Gasteiger partial charge in [0.1, 0.15) is 18.3 Å². The highest BCUT2D eigenvalue weighted by atomic mass is 16.5. The molecule has 1 saturated heterocycles. The third-order valence-electron chi connectivity index (χ3n) is 6.16. The van der Waals surface area contributed by atoms with Crippen molar-refractivity contribution < 1.29 is 14.3 Å². The highest BCUT2D eigenvalue weighted by Gasteiger charge is 2.46. The minimum Gasteiger partial charge on any atom is -0.497 e. The summed E-state index contributed by atoms with van der Waals surface area (Å²) in [5, 5.41) is 1.14. The van der Waals surface area contributed by atoms with Crippen LogP contribution in [0.4, 0.5) is 0 Å². The Kier molecular flexibility index (Phi) is 4.08. The topological polar surface area (TPSA) is 65.6 Å². The smallest absolute Gasteiger partial charge is 0.246 e. The first kappa shape index (κ1) is 17.8. The van der Waals surface area contributed by atoms with Crippen LogP contribution in [-0.2, 0) is 22.6 Å². The van der Waals surface area contributed by atoms with E-state index in [0.29, 0.717) is 13.0 Å². The summed E-state index contributed by atoms with van der Waals surface area (Å²) in [5.41, 5.74) is 4.24. The van der Waals surface area contributed by atoms with Crippen molar-refractivity contribution in [3.05, 3.63) is 65.4 Å². The molecule has 0 saturated carbocycles. The van der Waals surface area contributed by atoms with Crippen LogP contribution in [0.3, 0.4) is 0 Å². The third-order valence-corrected chi connectivity index (χ3v) is 6.16. The van der Waals surface area contributed by atoms with E-state index in [1.54, 1.807) is 16.9 Å². The number of piperazine rings is 1. The van der Waals surface area contributed by atoms with Crippen molar-refractivity contribution in [1.82, 2.24) is 14.8 Å². The van der Waals surface area contributed by atoms with Gasteiger partial charge in [-0.05, 0) is 36.2 Å². The Morgan fingerprint density at radius 1 is 1.10 bits per heavy atom. The van der Waals surface area contributed by atoms with E-state index in [1.807, 2.05) is 49.4 Å². The molecule has 1 N–H and O–H groups in total. The van der Waals surface area contributed by atoms with Crippen molar-refractivity contribution in [1.29, 1.82) is 0 Å². The number of methoxy groups -OCH3 is 1. The Labute approximate surface area is 169 Å². The van der Waals surface area contributed by atoms with E-state index in [2.05, 4.69) is 11.1 Å². The molecule has 3 heterocycles. The van der Waals surface area contributed by atoms with Gasteiger partial charge in [-0.1, -0.05) is 30.3 Å². The van der Waals surface area contributed by atoms with Gasteiger partial charge in [0.2, 0.25) is 11.8 Å². The Morgan fingerprint density at radius 3 is 2.62 bits per heavy atom. The zero-order chi connectivity index (χ0) is 20.1. The number of carbonyl (C=O) groups excluding carboxylic acids is 2. The van der Waals surface area contributed by atoms with Crippen LogP contribution in [0.25, 0.3) is 10.9 Å². The minimum atomic E-state index is -0.448. The van der Waals surface area contributed by atoms with Gasteiger partial charge in [0, 0.05) is 29.6 Å². The van der Waals surface area contributed by atoms with Crippen LogP contribution < -0.4 is 4.74 Å². The fraction of sp³-hybridized carbons (Fsp3) is 0.304. The molecule has 2 atom stereocenters. The average Bonchev–Trinajstić information content (AvgIpc) is 3.11. The second-order valence-corrected chi connectivity index (χ2v) is 7.80. The largest absolute Gasteiger partial charge is 0.497 e. The number of benzene rings is 2. The summed E-state index contributed by atoms with van der Waals surface area (Å²) in [6.45, 7) is 2.54. The summed E-state index contributed by atoms with van der Waals surface area (Å²) in [6.07, 6.45) is 0.549. The predicted octanol–water partition coefficient (Wildman–Crippen LogP) is 3.03. The average molecular weight is 389 g/mol. The molecule has 6 heteroatoms. The molecule has 2 aliphatic rings. The first-order valence-corrected chi connectivity index (χ1v) is 9.89. The lowest BCUT2D eigenvalue weighted by Gasteiger charge is -2.46. The second-order valence-electron chi connectivity index (χ2n) is 7.80. The molecule has 2 amide bonds. The molecular weight excluding hydrogens is 366 g/mol. The number of nitrogens with one attached hydrogen (secondary N) is 1. The summed E-state index contributed by atoms with van der Waals surface area (Å²) in [5.74, 6) is 0.789. The van der Waals surface area contributed by atoms with Gasteiger partial charge in [-0.25, -0.2) is 0 Å². The first-order valence-electron chi connectivity index (χ1n) is 9.89. The molecule has 2 aliphatic heterocycles. The number of ether oxygens (including phenoxy) is 1. The molecule has 29 heavy (non-hydrogen) atoms. The van der Waals surface area contributed by atoms with Crippen LogP contribution in [-0.4, -0.2) is 46.3 Å². The predicted molar refractivity (Wildman–Crippen MR) is 109 cm³/mol. The van der Waals surface area contributed by atoms with Gasteiger partial charge < -0.3 is 19.5 Å². The molecule has 0 aliphatic carbocycles. The SMILES string of the molecule is COc1ccc(CN2CC(=O)N3[C@@H](Cc4c([nH]c5ccccc45)[C@@H]3C)C2=O)cc1. The summed E-state index contributed by atoms with van der Waals surface area (Å²) < 4.78 is 5.20. The number of rotatable bonds is 3. The van der Waals surface area contributed by atoms with Gasteiger partial charge in [0.05, 0.1) is 13.2 Å². The van der Waals surface area contributed by atoms with E-state index >= 15 is 0 Å². The van der Waals surface area contributed by atoms with Gasteiger partial charge in [-0.3, -0.25) is 9.59 Å². The van der Waals surface area contributed by atoms with Crippen molar-refractivity contribution in [2.45, 2.75) is 32.0 Å². The van der Waals surface area contributed by atoms with Gasteiger partial charge in [0.15, 0.2) is 0 Å². The highest BCUT2D eigenvalue weighted by molar-refractivity contribution is 5.97. The van der Waals surface area contributed by atoms with Crippen molar-refractivity contribution in [3.63, 3.8) is 0 Å². The van der Waals surface area contributed by atoms with Crippen LogP contribution in [0, 0.1) is 0 Å². The quantitative estimate of drug-likeness (QED) is 0.749. The summed E-state index contributed by atoms with van der Waals surface area (Å²) in [6, 6.07) is 15.2. The van der Waals surface area contributed by atoms with Gasteiger partial charge in [-0.15, -0.1) is 0 Å². The lowest BCUT2D eigenvalue weighted by Crippen LogP contribution is -2.62. The Bertz CT molecular complexity index is 1100. The first-order chi connectivity index (χ1) is 14.1. The molecule has 1 aromatic heterocycles. The van der Waals surface area contributed by atoms with Crippen molar-refractivity contribution in [3.8, 4) is 5.75 Å². The number of amides is 2. The monoisotopic (exact) mass is 389 g/mol. The van der Waals surface area contributed by atoms with Crippen molar-refractivity contribution in [2.24, 2.45) is 0 Å². The van der Waals surface area contributed by atoms with Gasteiger partial charge in [0.25, 0.3) is 0 Å². The zero-order valence-electron chi connectivity index (χ0n) is 16.5. The molecular formula is C23H23N3O3. The van der Waals surface area contributed by atoms with Crippen LogP contribution >= 0.6 is 0 Å². The minimum absolute atomic E-state index is 0.0000761. The van der Waals surface area contributed by atoms with E-state index in [4.69, 9.17) is 4.74 Å². The van der Waals surface area contributed by atoms with Gasteiger partial charge >= 0.3 is 0 Å². The Hall–Kier alpha value is -3.28. The number of carbonyl (C=O) groups is 2. The maximum atomic E-state index is 13.3. The molecule has 0 spiro atoms. The summed E-state index contributed by atoms with van der Waals surface area (Å²) >= 11 is 0. The van der Waals surface area contributed by atoms with Crippen LogP contribution in [0.15, 0.2) is 48.5 Å². The molecule has 0 radical (unpaired) electrons. The number of para-hydroxylation sites is 1. The number of aromatic amines is 1. The van der Waals surface area contributed by atoms with Crippen molar-refractivity contribution in [2.75, 3.05) is 13.7 Å². The third kappa shape index (κ3) is 2.78. The molecule has 148 valence electrons. The molecule has 5 rings (SSSR count). The van der Waals surface area contributed by atoms with E-state index in [-0.39, 0.29) is 24.4 Å². The summed E-state index contributed by atoms with van der Waals surface area (Å²) in [4.78, 5) is 33.3. The van der Waals surface area contributed by atoms with Crippen molar-refractivity contribution >= 4 is 22.7 Å². The molecule has 1 fully saturated rings.